The lowest BCUT2D eigenvalue weighted by atomic mass is 10.1. The summed E-state index contributed by atoms with van der Waals surface area (Å²) >= 11 is 1.47. The number of benzene rings is 1. The van der Waals surface area contributed by atoms with E-state index in [0.717, 1.165) is 23.1 Å². The molecule has 0 aliphatic carbocycles. The maximum Gasteiger partial charge on any atom is 0.289 e. The van der Waals surface area contributed by atoms with Crippen molar-refractivity contribution in [1.29, 1.82) is 0 Å². The van der Waals surface area contributed by atoms with Crippen molar-refractivity contribution in [1.82, 2.24) is 9.88 Å². The van der Waals surface area contributed by atoms with Gasteiger partial charge in [-0.2, -0.15) is 0 Å². The van der Waals surface area contributed by atoms with Gasteiger partial charge in [0.2, 0.25) is 0 Å². The number of thiazole rings is 1. The number of carbonyl (C=O) groups is 1. The van der Waals surface area contributed by atoms with E-state index in [0.29, 0.717) is 23.9 Å². The van der Waals surface area contributed by atoms with Crippen molar-refractivity contribution >= 4 is 27.5 Å². The maximum absolute atomic E-state index is 12.8. The molecule has 1 aliphatic rings. The summed E-state index contributed by atoms with van der Waals surface area (Å²) in [5.74, 6) is 0.689. The number of rotatable bonds is 5. The number of hydrogen-bond acceptors (Lipinski definition) is 6. The summed E-state index contributed by atoms with van der Waals surface area (Å²) in [6.07, 6.45) is 0.797. The summed E-state index contributed by atoms with van der Waals surface area (Å²) < 4.78 is 11.6. The van der Waals surface area contributed by atoms with Crippen molar-refractivity contribution < 1.29 is 19.1 Å². The van der Waals surface area contributed by atoms with E-state index in [1.165, 1.54) is 11.3 Å². The molecule has 0 radical (unpaired) electrons. The number of hydrogen-bond donors (Lipinski definition) is 1. The first kappa shape index (κ1) is 17.2. The van der Waals surface area contributed by atoms with Crippen molar-refractivity contribution in [3.8, 4) is 0 Å². The van der Waals surface area contributed by atoms with Crippen LogP contribution in [-0.2, 0) is 11.3 Å². The van der Waals surface area contributed by atoms with E-state index in [-0.39, 0.29) is 17.7 Å². The molecule has 0 unspecified atom stereocenters. The number of carbonyl (C=O) groups excluding carboxylic acids is 1. The summed E-state index contributed by atoms with van der Waals surface area (Å²) in [4.78, 5) is 19.1. The van der Waals surface area contributed by atoms with Gasteiger partial charge in [-0.05, 0) is 37.1 Å². The van der Waals surface area contributed by atoms with Crippen LogP contribution >= 0.6 is 11.3 Å². The molecule has 26 heavy (non-hydrogen) atoms. The Bertz CT molecular complexity index is 886. The summed E-state index contributed by atoms with van der Waals surface area (Å²) in [5.41, 5.74) is 0.873. The Morgan fingerprint density at radius 3 is 3.08 bits per heavy atom. The topological polar surface area (TPSA) is 75.8 Å². The molecule has 0 bridgehead atoms. The van der Waals surface area contributed by atoms with Gasteiger partial charge in [0.05, 0.1) is 16.3 Å². The van der Waals surface area contributed by atoms with E-state index in [9.17, 15) is 9.90 Å². The molecule has 2 atom stereocenters. The quantitative estimate of drug-likeness (QED) is 0.743. The lowest BCUT2D eigenvalue weighted by molar-refractivity contribution is 0.0456. The van der Waals surface area contributed by atoms with Gasteiger partial charge in [-0.25, -0.2) is 4.98 Å². The minimum absolute atomic E-state index is 0.199. The maximum atomic E-state index is 12.8. The minimum Gasteiger partial charge on any atom is -0.453 e. The largest absolute Gasteiger partial charge is 0.453 e. The average molecular weight is 372 g/mol. The number of fused-ring (bicyclic) bond motifs is 1. The fourth-order valence-electron chi connectivity index (χ4n) is 3.41. The predicted octanol–water partition coefficient (Wildman–Crippen LogP) is 3.37. The second-order valence-corrected chi connectivity index (χ2v) is 7.43. The number of aromatic nitrogens is 1. The molecule has 3 aromatic rings. The molecule has 1 amide bonds. The van der Waals surface area contributed by atoms with Crippen LogP contribution in [0.5, 0.6) is 0 Å². The second-order valence-electron chi connectivity index (χ2n) is 6.37. The summed E-state index contributed by atoms with van der Waals surface area (Å²) in [7, 11) is 1.58. The molecular weight excluding hydrogens is 352 g/mol. The van der Waals surface area contributed by atoms with Gasteiger partial charge in [-0.15, -0.1) is 11.3 Å². The van der Waals surface area contributed by atoms with E-state index in [1.54, 1.807) is 24.1 Å². The van der Waals surface area contributed by atoms with Gasteiger partial charge in [-0.1, -0.05) is 12.1 Å². The highest BCUT2D eigenvalue weighted by Crippen LogP contribution is 2.34. The number of aliphatic hydroxyl groups excluding tert-OH is 1. The highest BCUT2D eigenvalue weighted by atomic mass is 32.1. The monoisotopic (exact) mass is 372 g/mol. The Kier molecular flexibility index (Phi) is 4.76. The third-order valence-corrected chi connectivity index (χ3v) is 5.75. The molecular formula is C19H20N2O4S. The van der Waals surface area contributed by atoms with Crippen molar-refractivity contribution in [2.24, 2.45) is 0 Å². The second kappa shape index (κ2) is 7.19. The Morgan fingerprint density at radius 2 is 2.27 bits per heavy atom. The molecule has 4 rings (SSSR count). The molecule has 1 N–H and O–H groups in total. The van der Waals surface area contributed by atoms with Crippen LogP contribution in [0.4, 0.5) is 0 Å². The van der Waals surface area contributed by atoms with Crippen LogP contribution in [-0.4, -0.2) is 40.6 Å². The number of amides is 1. The first-order valence-corrected chi connectivity index (χ1v) is 9.41. The van der Waals surface area contributed by atoms with Gasteiger partial charge >= 0.3 is 0 Å². The number of para-hydroxylation sites is 1. The smallest absolute Gasteiger partial charge is 0.289 e. The van der Waals surface area contributed by atoms with E-state index >= 15 is 0 Å². The number of methoxy groups -OCH3 is 1. The zero-order valence-electron chi connectivity index (χ0n) is 14.4. The lowest BCUT2D eigenvalue weighted by Crippen LogP contribution is -2.39. The zero-order chi connectivity index (χ0) is 18.1. The van der Waals surface area contributed by atoms with E-state index in [2.05, 4.69) is 4.98 Å². The Balaban J connectivity index is 1.55. The first-order chi connectivity index (χ1) is 12.7. The molecule has 1 saturated heterocycles. The molecule has 2 aromatic heterocycles. The van der Waals surface area contributed by atoms with E-state index in [4.69, 9.17) is 9.15 Å². The number of furan rings is 1. The van der Waals surface area contributed by atoms with Crippen molar-refractivity contribution in [3.63, 3.8) is 0 Å². The van der Waals surface area contributed by atoms with Gasteiger partial charge in [0.15, 0.2) is 5.76 Å². The van der Waals surface area contributed by atoms with Crippen LogP contribution in [0, 0.1) is 0 Å². The zero-order valence-corrected chi connectivity index (χ0v) is 15.2. The Labute approximate surface area is 155 Å². The van der Waals surface area contributed by atoms with Crippen molar-refractivity contribution in [2.75, 3.05) is 13.7 Å². The average Bonchev–Trinajstić information content (AvgIpc) is 3.39. The standard InChI is InChI=1S/C19H20N2O4S/c1-24-11-12-8-9-15(25-12)19(23)21-10-4-6-14(21)17(22)18-20-13-5-2-3-7-16(13)26-18/h2-3,5,7-9,14,17,22H,4,6,10-11H2,1H3/t14-,17-/m0/s1. The predicted molar refractivity (Wildman–Crippen MR) is 98.1 cm³/mol. The third kappa shape index (κ3) is 3.13. The molecule has 1 aliphatic heterocycles. The Morgan fingerprint density at radius 1 is 1.42 bits per heavy atom. The van der Waals surface area contributed by atoms with Gasteiger partial charge in [0.1, 0.15) is 23.5 Å². The fourth-order valence-corrected chi connectivity index (χ4v) is 4.42. The normalized spacial score (nSPS) is 18.5. The van der Waals surface area contributed by atoms with Crippen LogP contribution in [0.1, 0.15) is 40.3 Å². The van der Waals surface area contributed by atoms with E-state index in [1.807, 2.05) is 24.3 Å². The molecule has 0 saturated carbocycles. The van der Waals surface area contributed by atoms with Gasteiger partial charge < -0.3 is 19.2 Å². The summed E-state index contributed by atoms with van der Waals surface area (Å²) in [6.45, 7) is 0.927. The number of ether oxygens (including phenoxy) is 1. The molecule has 6 nitrogen and oxygen atoms in total. The molecule has 136 valence electrons. The fraction of sp³-hybridized carbons (Fsp3) is 0.368. The van der Waals surface area contributed by atoms with Crippen molar-refractivity contribution in [2.45, 2.75) is 31.6 Å². The van der Waals surface area contributed by atoms with Gasteiger partial charge in [-0.3, -0.25) is 4.79 Å². The number of nitrogens with zero attached hydrogens (tertiary/aromatic N) is 2. The summed E-state index contributed by atoms with van der Waals surface area (Å²) in [6, 6.07) is 10.9. The third-order valence-electron chi connectivity index (χ3n) is 4.65. The molecule has 7 heteroatoms. The first-order valence-electron chi connectivity index (χ1n) is 8.59. The van der Waals surface area contributed by atoms with Crippen LogP contribution < -0.4 is 0 Å². The lowest BCUT2D eigenvalue weighted by Gasteiger charge is -2.27. The highest BCUT2D eigenvalue weighted by molar-refractivity contribution is 7.18. The molecule has 3 heterocycles. The number of aliphatic hydroxyl groups is 1. The van der Waals surface area contributed by atoms with Crippen LogP contribution in [0.25, 0.3) is 10.2 Å². The minimum atomic E-state index is -0.799. The van der Waals surface area contributed by atoms with Crippen LogP contribution in [0.15, 0.2) is 40.8 Å². The highest BCUT2D eigenvalue weighted by Gasteiger charge is 2.37. The van der Waals surface area contributed by atoms with Crippen molar-refractivity contribution in [3.05, 3.63) is 52.9 Å². The van der Waals surface area contributed by atoms with E-state index < -0.39 is 6.10 Å². The summed E-state index contributed by atoms with van der Waals surface area (Å²) in [5, 5.41) is 11.5. The van der Waals surface area contributed by atoms with Crippen LogP contribution in [0.2, 0.25) is 0 Å². The SMILES string of the molecule is COCc1ccc(C(=O)N2CCC[C@H]2[C@H](O)c2nc3ccccc3s2)o1. The molecule has 1 aromatic carbocycles. The Hall–Kier alpha value is -2.22. The number of likely N-dealkylation sites (tertiary alicyclic amines) is 1. The molecule has 0 spiro atoms. The van der Waals surface area contributed by atoms with Gasteiger partial charge in [0, 0.05) is 13.7 Å². The van der Waals surface area contributed by atoms with Crippen LogP contribution in [0.3, 0.4) is 0 Å². The van der Waals surface area contributed by atoms with Gasteiger partial charge in [0.25, 0.3) is 5.91 Å². The molecule has 1 fully saturated rings.